The van der Waals surface area contributed by atoms with Crippen LogP contribution < -0.4 is 10.3 Å². The monoisotopic (exact) mass is 436 g/mol. The van der Waals surface area contributed by atoms with Crippen LogP contribution in [0.3, 0.4) is 0 Å². The molecule has 5 nitrogen and oxygen atoms in total. The standard InChI is InChI=1S/C28H28N4O/c1-20-18-24(21(2)32(20)27-11-7-9-22-8-3-4-10-26(22)27)19-29-30-28(33)23-12-14-25(15-13-23)31-16-5-6-17-31/h3-4,7-15,18-19H,5-6,16-17H2,1-2H3,(H,30,33)/b29-19-. The molecule has 166 valence electrons. The minimum Gasteiger partial charge on any atom is -0.372 e. The molecule has 0 bridgehead atoms. The molecule has 0 unspecified atom stereocenters. The summed E-state index contributed by atoms with van der Waals surface area (Å²) >= 11 is 0. The molecule has 0 radical (unpaired) electrons. The molecule has 0 aliphatic carbocycles. The zero-order valence-electron chi connectivity index (χ0n) is 19.1. The zero-order valence-corrected chi connectivity index (χ0v) is 19.1. The number of nitrogens with zero attached hydrogens (tertiary/aromatic N) is 3. The van der Waals surface area contributed by atoms with Gasteiger partial charge in [-0.3, -0.25) is 4.79 Å². The number of anilines is 1. The van der Waals surface area contributed by atoms with Crippen LogP contribution in [-0.2, 0) is 0 Å². The predicted octanol–water partition coefficient (Wildman–Crippen LogP) is 5.61. The van der Waals surface area contributed by atoms with Crippen molar-refractivity contribution in [3.8, 4) is 5.69 Å². The van der Waals surface area contributed by atoms with Crippen LogP contribution in [-0.4, -0.2) is 29.8 Å². The lowest BCUT2D eigenvalue weighted by Crippen LogP contribution is -2.19. The molecule has 5 rings (SSSR count). The highest BCUT2D eigenvalue weighted by Crippen LogP contribution is 2.27. The molecule has 1 aliphatic rings. The van der Waals surface area contributed by atoms with Crippen molar-refractivity contribution in [2.45, 2.75) is 26.7 Å². The van der Waals surface area contributed by atoms with Crippen molar-refractivity contribution >= 4 is 28.6 Å². The second-order valence-electron chi connectivity index (χ2n) is 8.60. The SMILES string of the molecule is Cc1cc(/C=N\NC(=O)c2ccc(N3CCCC3)cc2)c(C)n1-c1cccc2ccccc12. The molecule has 1 aromatic heterocycles. The molecule has 1 N–H and O–H groups in total. The zero-order chi connectivity index (χ0) is 22.8. The number of rotatable bonds is 5. The van der Waals surface area contributed by atoms with Crippen LogP contribution in [0.2, 0.25) is 0 Å². The lowest BCUT2D eigenvalue weighted by atomic mass is 10.1. The van der Waals surface area contributed by atoms with E-state index in [0.717, 1.165) is 35.7 Å². The van der Waals surface area contributed by atoms with E-state index in [1.165, 1.54) is 29.3 Å². The fourth-order valence-electron chi connectivity index (χ4n) is 4.72. The number of hydrogen-bond donors (Lipinski definition) is 1. The molecule has 1 aliphatic heterocycles. The fourth-order valence-corrected chi connectivity index (χ4v) is 4.72. The number of carbonyl (C=O) groups excluding carboxylic acids is 1. The molecule has 3 aromatic carbocycles. The summed E-state index contributed by atoms with van der Waals surface area (Å²) in [5.41, 5.74) is 8.77. The van der Waals surface area contributed by atoms with E-state index in [0.29, 0.717) is 5.56 Å². The molecule has 1 saturated heterocycles. The minimum atomic E-state index is -0.206. The number of fused-ring (bicyclic) bond motifs is 1. The summed E-state index contributed by atoms with van der Waals surface area (Å²) in [4.78, 5) is 14.9. The van der Waals surface area contributed by atoms with Gasteiger partial charge in [-0.1, -0.05) is 36.4 Å². The van der Waals surface area contributed by atoms with Crippen LogP contribution in [0.4, 0.5) is 5.69 Å². The van der Waals surface area contributed by atoms with E-state index in [-0.39, 0.29) is 5.91 Å². The molecule has 33 heavy (non-hydrogen) atoms. The molecule has 1 fully saturated rings. The van der Waals surface area contributed by atoms with Gasteiger partial charge >= 0.3 is 0 Å². The Morgan fingerprint density at radius 3 is 2.45 bits per heavy atom. The van der Waals surface area contributed by atoms with Crippen molar-refractivity contribution in [2.75, 3.05) is 18.0 Å². The topological polar surface area (TPSA) is 49.6 Å². The van der Waals surface area contributed by atoms with Crippen LogP contribution in [0.5, 0.6) is 0 Å². The Bertz CT molecular complexity index is 1320. The van der Waals surface area contributed by atoms with Gasteiger partial charge in [-0.05, 0) is 68.5 Å². The summed E-state index contributed by atoms with van der Waals surface area (Å²) in [6, 6.07) is 24.6. The normalized spacial score (nSPS) is 13.8. The average molecular weight is 437 g/mol. The fraction of sp³-hybridized carbons (Fsp3) is 0.214. The van der Waals surface area contributed by atoms with Crippen molar-refractivity contribution in [3.63, 3.8) is 0 Å². The van der Waals surface area contributed by atoms with E-state index in [4.69, 9.17) is 0 Å². The molecule has 4 aromatic rings. The molecular formula is C28H28N4O. The second kappa shape index (κ2) is 8.94. The first-order chi connectivity index (χ1) is 16.1. The Morgan fingerprint density at radius 1 is 0.939 bits per heavy atom. The van der Waals surface area contributed by atoms with Crippen LogP contribution >= 0.6 is 0 Å². The summed E-state index contributed by atoms with van der Waals surface area (Å²) in [6.07, 6.45) is 4.19. The van der Waals surface area contributed by atoms with Gasteiger partial charge in [-0.15, -0.1) is 0 Å². The van der Waals surface area contributed by atoms with Crippen molar-refractivity contribution in [1.29, 1.82) is 0 Å². The lowest BCUT2D eigenvalue weighted by molar-refractivity contribution is 0.0955. The van der Waals surface area contributed by atoms with Crippen molar-refractivity contribution in [1.82, 2.24) is 9.99 Å². The maximum absolute atomic E-state index is 12.5. The summed E-state index contributed by atoms with van der Waals surface area (Å²) in [7, 11) is 0. The predicted molar refractivity (Wildman–Crippen MR) is 136 cm³/mol. The molecule has 2 heterocycles. The van der Waals surface area contributed by atoms with Crippen molar-refractivity contribution in [2.24, 2.45) is 5.10 Å². The Balaban J connectivity index is 1.33. The smallest absolute Gasteiger partial charge is 0.271 e. The third-order valence-corrected chi connectivity index (χ3v) is 6.45. The highest BCUT2D eigenvalue weighted by molar-refractivity contribution is 5.95. The van der Waals surface area contributed by atoms with Gasteiger partial charge < -0.3 is 9.47 Å². The first kappa shape index (κ1) is 21.0. The number of hydrogen-bond acceptors (Lipinski definition) is 3. The third-order valence-electron chi connectivity index (χ3n) is 6.45. The van der Waals surface area contributed by atoms with Gasteiger partial charge in [-0.25, -0.2) is 5.43 Å². The Morgan fingerprint density at radius 2 is 1.67 bits per heavy atom. The lowest BCUT2D eigenvalue weighted by Gasteiger charge is -2.17. The number of aryl methyl sites for hydroxylation is 1. The van der Waals surface area contributed by atoms with Gasteiger partial charge in [0.1, 0.15) is 0 Å². The van der Waals surface area contributed by atoms with Crippen LogP contribution in [0.1, 0.15) is 40.2 Å². The number of hydrazone groups is 1. The first-order valence-corrected chi connectivity index (χ1v) is 11.5. The van der Waals surface area contributed by atoms with Crippen molar-refractivity contribution in [3.05, 3.63) is 95.3 Å². The molecule has 1 amide bonds. The summed E-state index contributed by atoms with van der Waals surface area (Å²) in [5.74, 6) is -0.206. The summed E-state index contributed by atoms with van der Waals surface area (Å²) in [6.45, 7) is 6.35. The summed E-state index contributed by atoms with van der Waals surface area (Å²) in [5, 5.41) is 6.65. The molecule has 5 heteroatoms. The largest absolute Gasteiger partial charge is 0.372 e. The highest BCUT2D eigenvalue weighted by Gasteiger charge is 2.14. The van der Waals surface area contributed by atoms with Gasteiger partial charge in [0.05, 0.1) is 11.9 Å². The summed E-state index contributed by atoms with van der Waals surface area (Å²) < 4.78 is 2.24. The van der Waals surface area contributed by atoms with E-state index >= 15 is 0 Å². The maximum atomic E-state index is 12.5. The van der Waals surface area contributed by atoms with E-state index in [2.05, 4.69) is 82.4 Å². The Labute approximate surface area is 194 Å². The number of aromatic nitrogens is 1. The van der Waals surface area contributed by atoms with Crippen LogP contribution in [0, 0.1) is 13.8 Å². The molecule has 0 spiro atoms. The van der Waals surface area contributed by atoms with E-state index in [1.54, 1.807) is 6.21 Å². The Kier molecular flexibility index (Phi) is 5.69. The quantitative estimate of drug-likeness (QED) is 0.326. The third kappa shape index (κ3) is 4.14. The van der Waals surface area contributed by atoms with Crippen LogP contribution in [0.25, 0.3) is 16.5 Å². The molecule has 0 saturated carbocycles. The number of nitrogens with one attached hydrogen (secondary N) is 1. The van der Waals surface area contributed by atoms with Gasteiger partial charge in [-0.2, -0.15) is 5.10 Å². The first-order valence-electron chi connectivity index (χ1n) is 11.5. The second-order valence-corrected chi connectivity index (χ2v) is 8.60. The number of benzene rings is 3. The van der Waals surface area contributed by atoms with E-state index in [9.17, 15) is 4.79 Å². The molecular weight excluding hydrogens is 408 g/mol. The number of carbonyl (C=O) groups is 1. The van der Waals surface area contributed by atoms with Gasteiger partial charge in [0, 0.05) is 46.7 Å². The molecule has 0 atom stereocenters. The highest BCUT2D eigenvalue weighted by atomic mass is 16.2. The van der Waals surface area contributed by atoms with Gasteiger partial charge in [0.25, 0.3) is 5.91 Å². The van der Waals surface area contributed by atoms with Gasteiger partial charge in [0.2, 0.25) is 0 Å². The minimum absolute atomic E-state index is 0.206. The maximum Gasteiger partial charge on any atom is 0.271 e. The van der Waals surface area contributed by atoms with Crippen LogP contribution in [0.15, 0.2) is 77.9 Å². The Hall–Kier alpha value is -3.86. The average Bonchev–Trinajstić information content (AvgIpc) is 3.47. The van der Waals surface area contributed by atoms with Crippen molar-refractivity contribution < 1.29 is 4.79 Å². The van der Waals surface area contributed by atoms with E-state index < -0.39 is 0 Å². The number of amides is 1. The van der Waals surface area contributed by atoms with E-state index in [1.807, 2.05) is 24.3 Å². The van der Waals surface area contributed by atoms with Gasteiger partial charge in [0.15, 0.2) is 0 Å².